The molecule has 2 aromatic rings. The first kappa shape index (κ1) is 15.5. The number of carbonyl (C=O) groups is 1. The predicted octanol–water partition coefficient (Wildman–Crippen LogP) is 3.77. The lowest BCUT2D eigenvalue weighted by molar-refractivity contribution is 0.0610. The van der Waals surface area contributed by atoms with E-state index in [1.165, 1.54) is 0 Å². The van der Waals surface area contributed by atoms with Crippen molar-refractivity contribution in [3.63, 3.8) is 0 Å². The van der Waals surface area contributed by atoms with Crippen LogP contribution in [0.2, 0.25) is 0 Å². The van der Waals surface area contributed by atoms with Gasteiger partial charge in [0.2, 0.25) is 5.88 Å². The van der Waals surface area contributed by atoms with Crippen molar-refractivity contribution in [1.29, 1.82) is 0 Å². The summed E-state index contributed by atoms with van der Waals surface area (Å²) in [6.07, 6.45) is 3.17. The van der Waals surface area contributed by atoms with Crippen LogP contribution in [0.1, 0.15) is 46.9 Å². The molecule has 2 heterocycles. The van der Waals surface area contributed by atoms with Gasteiger partial charge in [-0.1, -0.05) is 18.2 Å². The van der Waals surface area contributed by atoms with Crippen molar-refractivity contribution < 1.29 is 9.53 Å². The van der Waals surface area contributed by atoms with Crippen LogP contribution in [-0.4, -0.2) is 29.4 Å². The number of carbonyl (C=O) groups excluding carboxylic acids is 1. The first-order valence-electron chi connectivity index (χ1n) is 8.08. The second-order valence-electron chi connectivity index (χ2n) is 5.90. The lowest BCUT2D eigenvalue weighted by Gasteiger charge is -2.36. The van der Waals surface area contributed by atoms with Gasteiger partial charge < -0.3 is 9.64 Å². The van der Waals surface area contributed by atoms with E-state index in [4.69, 9.17) is 4.74 Å². The largest absolute Gasteiger partial charge is 0.481 e. The van der Waals surface area contributed by atoms with E-state index >= 15 is 0 Å². The van der Waals surface area contributed by atoms with Gasteiger partial charge in [0.25, 0.3) is 5.91 Å². The summed E-state index contributed by atoms with van der Waals surface area (Å²) in [6.45, 7) is 2.78. The smallest absolute Gasteiger partial charge is 0.254 e. The van der Waals surface area contributed by atoms with Gasteiger partial charge in [0.15, 0.2) is 0 Å². The van der Waals surface area contributed by atoms with Crippen LogP contribution >= 0.6 is 0 Å². The van der Waals surface area contributed by atoms with Crippen LogP contribution in [0, 0.1) is 6.92 Å². The number of hydrogen-bond acceptors (Lipinski definition) is 3. The monoisotopic (exact) mass is 310 g/mol. The number of aryl methyl sites for hydroxylation is 1. The molecule has 120 valence electrons. The molecule has 1 fully saturated rings. The molecule has 1 aliphatic rings. The molecule has 1 saturated heterocycles. The van der Waals surface area contributed by atoms with Crippen LogP contribution in [0.25, 0.3) is 0 Å². The number of hydrogen-bond donors (Lipinski definition) is 0. The molecule has 1 amide bonds. The first-order valence-corrected chi connectivity index (χ1v) is 8.08. The summed E-state index contributed by atoms with van der Waals surface area (Å²) in [5.41, 5.74) is 2.80. The Morgan fingerprint density at radius 1 is 1.17 bits per heavy atom. The topological polar surface area (TPSA) is 42.4 Å². The third kappa shape index (κ3) is 3.21. The number of nitrogens with zero attached hydrogens (tertiary/aromatic N) is 2. The Kier molecular flexibility index (Phi) is 4.60. The highest BCUT2D eigenvalue weighted by atomic mass is 16.5. The van der Waals surface area contributed by atoms with Gasteiger partial charge in [0.1, 0.15) is 0 Å². The van der Waals surface area contributed by atoms with Crippen LogP contribution in [-0.2, 0) is 0 Å². The molecular weight excluding hydrogens is 288 g/mol. The number of rotatable bonds is 3. The lowest BCUT2D eigenvalue weighted by atomic mass is 9.93. The molecule has 4 nitrogen and oxygen atoms in total. The molecule has 4 heteroatoms. The summed E-state index contributed by atoms with van der Waals surface area (Å²) in [6, 6.07) is 13.5. The number of piperidine rings is 1. The van der Waals surface area contributed by atoms with Crippen LogP contribution in [0.3, 0.4) is 0 Å². The number of likely N-dealkylation sites (tertiary alicyclic amines) is 1. The maximum Gasteiger partial charge on any atom is 0.254 e. The molecule has 1 aromatic carbocycles. The van der Waals surface area contributed by atoms with Crippen LogP contribution < -0.4 is 4.74 Å². The van der Waals surface area contributed by atoms with E-state index in [0.29, 0.717) is 5.88 Å². The van der Waals surface area contributed by atoms with Crippen molar-refractivity contribution in [2.24, 2.45) is 0 Å². The summed E-state index contributed by atoms with van der Waals surface area (Å²) < 4.78 is 5.19. The fraction of sp³-hybridized carbons (Fsp3) is 0.368. The SMILES string of the molecule is COc1ccc(C2CCCCN2C(=O)c2ccccc2)c(C)n1. The average molecular weight is 310 g/mol. The summed E-state index contributed by atoms with van der Waals surface area (Å²) in [7, 11) is 1.62. The van der Waals surface area contributed by atoms with E-state index in [0.717, 1.165) is 42.6 Å². The third-order valence-corrected chi connectivity index (χ3v) is 4.45. The summed E-state index contributed by atoms with van der Waals surface area (Å²) in [5.74, 6) is 0.716. The zero-order valence-corrected chi connectivity index (χ0v) is 13.7. The van der Waals surface area contributed by atoms with Gasteiger partial charge in [0, 0.05) is 23.9 Å². The Morgan fingerprint density at radius 3 is 2.65 bits per heavy atom. The standard InChI is InChI=1S/C19H22N2O2/c1-14-16(11-12-18(20-14)23-2)17-10-6-7-13-21(17)19(22)15-8-4-3-5-9-15/h3-5,8-9,11-12,17H,6-7,10,13H2,1-2H3. The van der Waals surface area contributed by atoms with Crippen molar-refractivity contribution in [3.8, 4) is 5.88 Å². The van der Waals surface area contributed by atoms with Gasteiger partial charge in [-0.3, -0.25) is 4.79 Å². The molecule has 3 rings (SSSR count). The molecule has 1 aliphatic heterocycles. The minimum Gasteiger partial charge on any atom is -0.481 e. The van der Waals surface area contributed by atoms with Gasteiger partial charge in [0.05, 0.1) is 13.2 Å². The van der Waals surface area contributed by atoms with Gasteiger partial charge in [-0.15, -0.1) is 0 Å². The van der Waals surface area contributed by atoms with E-state index in [1.807, 2.05) is 54.3 Å². The van der Waals surface area contributed by atoms with Crippen molar-refractivity contribution in [1.82, 2.24) is 9.88 Å². The minimum absolute atomic E-state index is 0.0925. The first-order chi connectivity index (χ1) is 11.2. The molecule has 1 atom stereocenters. The molecule has 0 aliphatic carbocycles. The predicted molar refractivity (Wildman–Crippen MR) is 89.6 cm³/mol. The fourth-order valence-electron chi connectivity index (χ4n) is 3.26. The third-order valence-electron chi connectivity index (χ3n) is 4.45. The molecule has 0 saturated carbocycles. The normalized spacial score (nSPS) is 17.8. The van der Waals surface area contributed by atoms with Crippen molar-refractivity contribution >= 4 is 5.91 Å². The number of amides is 1. The van der Waals surface area contributed by atoms with Crippen molar-refractivity contribution in [3.05, 3.63) is 59.3 Å². The van der Waals surface area contributed by atoms with E-state index in [1.54, 1.807) is 7.11 Å². The Bertz CT molecular complexity index is 685. The maximum atomic E-state index is 12.9. The van der Waals surface area contributed by atoms with Gasteiger partial charge in [-0.25, -0.2) is 4.98 Å². The van der Waals surface area contributed by atoms with Crippen LogP contribution in [0.5, 0.6) is 5.88 Å². The van der Waals surface area contributed by atoms with E-state index < -0.39 is 0 Å². The van der Waals surface area contributed by atoms with E-state index in [2.05, 4.69) is 4.98 Å². The number of aromatic nitrogens is 1. The molecule has 0 bridgehead atoms. The molecule has 0 N–H and O–H groups in total. The Labute approximate surface area is 137 Å². The number of methoxy groups -OCH3 is 1. The quantitative estimate of drug-likeness (QED) is 0.866. The molecule has 0 spiro atoms. The van der Waals surface area contributed by atoms with Crippen LogP contribution in [0.15, 0.2) is 42.5 Å². The molecule has 0 radical (unpaired) electrons. The summed E-state index contributed by atoms with van der Waals surface area (Å²) >= 11 is 0. The maximum absolute atomic E-state index is 12.9. The van der Waals surface area contributed by atoms with E-state index in [9.17, 15) is 4.79 Å². The highest BCUT2D eigenvalue weighted by Gasteiger charge is 2.29. The number of ether oxygens (including phenoxy) is 1. The number of benzene rings is 1. The minimum atomic E-state index is 0.0925. The van der Waals surface area contributed by atoms with Gasteiger partial charge in [-0.2, -0.15) is 0 Å². The van der Waals surface area contributed by atoms with Gasteiger partial charge in [-0.05, 0) is 49.9 Å². The molecule has 1 unspecified atom stereocenters. The van der Waals surface area contributed by atoms with Gasteiger partial charge >= 0.3 is 0 Å². The Hall–Kier alpha value is -2.36. The molecular formula is C19H22N2O2. The highest BCUT2D eigenvalue weighted by Crippen LogP contribution is 2.34. The zero-order valence-electron chi connectivity index (χ0n) is 13.7. The average Bonchev–Trinajstić information content (AvgIpc) is 2.62. The van der Waals surface area contributed by atoms with Crippen molar-refractivity contribution in [2.75, 3.05) is 13.7 Å². The lowest BCUT2D eigenvalue weighted by Crippen LogP contribution is -2.38. The number of pyridine rings is 1. The summed E-state index contributed by atoms with van der Waals surface area (Å²) in [5, 5.41) is 0. The molecule has 1 aromatic heterocycles. The highest BCUT2D eigenvalue weighted by molar-refractivity contribution is 5.94. The zero-order chi connectivity index (χ0) is 16.2. The fourth-order valence-corrected chi connectivity index (χ4v) is 3.26. The van der Waals surface area contributed by atoms with Crippen LogP contribution in [0.4, 0.5) is 0 Å². The Balaban J connectivity index is 1.91. The summed E-state index contributed by atoms with van der Waals surface area (Å²) in [4.78, 5) is 19.4. The van der Waals surface area contributed by atoms with Crippen molar-refractivity contribution in [2.45, 2.75) is 32.2 Å². The molecule has 23 heavy (non-hydrogen) atoms. The second-order valence-corrected chi connectivity index (χ2v) is 5.90. The van der Waals surface area contributed by atoms with E-state index in [-0.39, 0.29) is 11.9 Å². The second kappa shape index (κ2) is 6.82. The Morgan fingerprint density at radius 2 is 1.96 bits per heavy atom.